The van der Waals surface area contributed by atoms with Crippen molar-refractivity contribution in [1.82, 2.24) is 4.98 Å². The van der Waals surface area contributed by atoms with Crippen LogP contribution in [0.1, 0.15) is 41.6 Å². The van der Waals surface area contributed by atoms with Crippen LogP contribution in [-0.2, 0) is 4.74 Å². The zero-order valence-electron chi connectivity index (χ0n) is 14.4. The second kappa shape index (κ2) is 6.84. The van der Waals surface area contributed by atoms with E-state index in [1.807, 2.05) is 23.1 Å². The van der Waals surface area contributed by atoms with Gasteiger partial charge in [-0.05, 0) is 30.0 Å². The van der Waals surface area contributed by atoms with Crippen molar-refractivity contribution in [3.63, 3.8) is 0 Å². The zero-order valence-corrected chi connectivity index (χ0v) is 14.4. The summed E-state index contributed by atoms with van der Waals surface area (Å²) in [5, 5.41) is 0. The molecular formula is C20H22N2O3. The molecule has 0 radical (unpaired) electrons. The van der Waals surface area contributed by atoms with Crippen LogP contribution in [0.5, 0.6) is 5.88 Å². The van der Waals surface area contributed by atoms with Gasteiger partial charge in [-0.2, -0.15) is 0 Å². The molecule has 2 aliphatic heterocycles. The highest BCUT2D eigenvalue weighted by atomic mass is 16.5. The van der Waals surface area contributed by atoms with Crippen molar-refractivity contribution in [2.45, 2.75) is 31.8 Å². The molecule has 2 atom stereocenters. The van der Waals surface area contributed by atoms with Crippen LogP contribution < -0.4 is 9.64 Å². The lowest BCUT2D eigenvalue weighted by Gasteiger charge is -2.33. The molecule has 0 bridgehead atoms. The Hall–Kier alpha value is -2.40. The van der Waals surface area contributed by atoms with Gasteiger partial charge in [0.25, 0.3) is 5.91 Å². The minimum absolute atomic E-state index is 0.00530. The number of ether oxygens (including phenoxy) is 2. The largest absolute Gasteiger partial charge is 0.472 e. The third-order valence-corrected chi connectivity index (χ3v) is 4.95. The summed E-state index contributed by atoms with van der Waals surface area (Å²) in [6, 6.07) is 11.6. The minimum atomic E-state index is -0.00530. The van der Waals surface area contributed by atoms with E-state index in [-0.39, 0.29) is 12.0 Å². The lowest BCUT2D eigenvalue weighted by atomic mass is 9.91. The summed E-state index contributed by atoms with van der Waals surface area (Å²) in [5.74, 6) is 0.952. The summed E-state index contributed by atoms with van der Waals surface area (Å²) in [6.07, 6.45) is 3.49. The number of nitrogens with zero attached hydrogens (tertiary/aromatic N) is 2. The average molecular weight is 338 g/mol. The summed E-state index contributed by atoms with van der Waals surface area (Å²) < 4.78 is 11.2. The third-order valence-electron chi connectivity index (χ3n) is 4.95. The molecule has 0 N–H and O–H groups in total. The van der Waals surface area contributed by atoms with Crippen molar-refractivity contribution >= 4 is 11.6 Å². The number of para-hydroxylation sites is 1. The molecule has 5 nitrogen and oxygen atoms in total. The van der Waals surface area contributed by atoms with Crippen LogP contribution in [0.3, 0.4) is 0 Å². The zero-order chi connectivity index (χ0) is 17.2. The number of hydrogen-bond donors (Lipinski definition) is 0. The smallest absolute Gasteiger partial charge is 0.258 e. The standard InChI is InChI=1S/C20H22N2O3/c1-14-7-10-22(18-5-3-2-4-17(14)18)20(23)15-6-9-21-19(12-15)25-16-8-11-24-13-16/h2-6,9,12,14,16H,7-8,10-11,13H2,1H3/t14-,16+/m1/s1. The Morgan fingerprint density at radius 1 is 1.28 bits per heavy atom. The molecule has 0 unspecified atom stereocenters. The normalized spacial score (nSPS) is 22.5. The lowest BCUT2D eigenvalue weighted by Crippen LogP contribution is -2.36. The van der Waals surface area contributed by atoms with E-state index in [4.69, 9.17) is 9.47 Å². The minimum Gasteiger partial charge on any atom is -0.472 e. The van der Waals surface area contributed by atoms with Gasteiger partial charge in [-0.1, -0.05) is 25.1 Å². The number of benzene rings is 1. The second-order valence-electron chi connectivity index (χ2n) is 6.69. The van der Waals surface area contributed by atoms with Gasteiger partial charge in [0.05, 0.1) is 13.2 Å². The van der Waals surface area contributed by atoms with E-state index in [0.717, 1.165) is 25.1 Å². The highest BCUT2D eigenvalue weighted by molar-refractivity contribution is 6.06. The van der Waals surface area contributed by atoms with Crippen molar-refractivity contribution in [2.24, 2.45) is 0 Å². The fraction of sp³-hybridized carbons (Fsp3) is 0.400. The van der Waals surface area contributed by atoms with Crippen LogP contribution in [0.2, 0.25) is 0 Å². The van der Waals surface area contributed by atoms with Gasteiger partial charge in [0.1, 0.15) is 6.10 Å². The Balaban J connectivity index is 1.58. The first kappa shape index (κ1) is 16.1. The summed E-state index contributed by atoms with van der Waals surface area (Å²) >= 11 is 0. The van der Waals surface area contributed by atoms with E-state index in [2.05, 4.69) is 18.0 Å². The van der Waals surface area contributed by atoms with E-state index < -0.39 is 0 Å². The van der Waals surface area contributed by atoms with E-state index in [9.17, 15) is 4.79 Å². The molecule has 25 heavy (non-hydrogen) atoms. The monoisotopic (exact) mass is 338 g/mol. The Bertz CT molecular complexity index is 771. The molecular weight excluding hydrogens is 316 g/mol. The average Bonchev–Trinajstić information content (AvgIpc) is 3.15. The maximum Gasteiger partial charge on any atom is 0.258 e. The highest BCUT2D eigenvalue weighted by Gasteiger charge is 2.27. The van der Waals surface area contributed by atoms with Gasteiger partial charge in [-0.3, -0.25) is 4.79 Å². The Morgan fingerprint density at radius 2 is 2.16 bits per heavy atom. The molecule has 1 aromatic heterocycles. The van der Waals surface area contributed by atoms with E-state index >= 15 is 0 Å². The molecule has 2 aromatic rings. The van der Waals surface area contributed by atoms with E-state index in [1.165, 1.54) is 5.56 Å². The number of amides is 1. The van der Waals surface area contributed by atoms with Gasteiger partial charge in [0.2, 0.25) is 5.88 Å². The van der Waals surface area contributed by atoms with Crippen LogP contribution in [0.15, 0.2) is 42.6 Å². The lowest BCUT2D eigenvalue weighted by molar-refractivity contribution is 0.0982. The number of carbonyl (C=O) groups is 1. The van der Waals surface area contributed by atoms with Gasteiger partial charge >= 0.3 is 0 Å². The number of aromatic nitrogens is 1. The molecule has 3 heterocycles. The van der Waals surface area contributed by atoms with Crippen molar-refractivity contribution in [3.8, 4) is 5.88 Å². The quantitative estimate of drug-likeness (QED) is 0.861. The van der Waals surface area contributed by atoms with Gasteiger partial charge in [0, 0.05) is 36.5 Å². The summed E-state index contributed by atoms with van der Waals surface area (Å²) in [7, 11) is 0. The molecule has 5 heteroatoms. The van der Waals surface area contributed by atoms with Gasteiger partial charge in [-0.15, -0.1) is 0 Å². The van der Waals surface area contributed by atoms with Gasteiger partial charge < -0.3 is 14.4 Å². The first-order chi connectivity index (χ1) is 12.2. The number of pyridine rings is 1. The van der Waals surface area contributed by atoms with Crippen molar-refractivity contribution in [3.05, 3.63) is 53.7 Å². The van der Waals surface area contributed by atoms with Crippen LogP contribution in [0, 0.1) is 0 Å². The van der Waals surface area contributed by atoms with E-state index in [0.29, 0.717) is 30.6 Å². The fourth-order valence-corrected chi connectivity index (χ4v) is 3.50. The maximum atomic E-state index is 13.1. The number of fused-ring (bicyclic) bond motifs is 1. The molecule has 4 rings (SSSR count). The Kier molecular flexibility index (Phi) is 4.40. The number of hydrogen-bond acceptors (Lipinski definition) is 4. The molecule has 0 spiro atoms. The SMILES string of the molecule is C[C@@H]1CCN(C(=O)c2ccnc(O[C@H]3CCOC3)c2)c2ccccc21. The van der Waals surface area contributed by atoms with E-state index in [1.54, 1.807) is 18.3 Å². The van der Waals surface area contributed by atoms with Crippen LogP contribution in [-0.4, -0.2) is 36.8 Å². The topological polar surface area (TPSA) is 51.7 Å². The van der Waals surface area contributed by atoms with Gasteiger partial charge in [-0.25, -0.2) is 4.98 Å². The predicted molar refractivity (Wildman–Crippen MR) is 95.2 cm³/mol. The first-order valence-electron chi connectivity index (χ1n) is 8.83. The van der Waals surface area contributed by atoms with Crippen LogP contribution in [0.4, 0.5) is 5.69 Å². The van der Waals surface area contributed by atoms with Crippen molar-refractivity contribution < 1.29 is 14.3 Å². The van der Waals surface area contributed by atoms with Gasteiger partial charge in [0.15, 0.2) is 0 Å². The second-order valence-corrected chi connectivity index (χ2v) is 6.69. The van der Waals surface area contributed by atoms with Crippen molar-refractivity contribution in [1.29, 1.82) is 0 Å². The van der Waals surface area contributed by atoms with Crippen LogP contribution in [0.25, 0.3) is 0 Å². The number of carbonyl (C=O) groups excluding carboxylic acids is 1. The van der Waals surface area contributed by atoms with Crippen LogP contribution >= 0.6 is 0 Å². The molecule has 1 saturated heterocycles. The molecule has 2 aliphatic rings. The summed E-state index contributed by atoms with van der Waals surface area (Å²) in [4.78, 5) is 19.2. The summed E-state index contributed by atoms with van der Waals surface area (Å²) in [5.41, 5.74) is 2.85. The molecule has 0 aliphatic carbocycles. The number of anilines is 1. The third kappa shape index (κ3) is 3.24. The molecule has 130 valence electrons. The Morgan fingerprint density at radius 3 is 3.00 bits per heavy atom. The molecule has 1 fully saturated rings. The molecule has 1 aromatic carbocycles. The predicted octanol–water partition coefficient (Wildman–Crippen LogP) is 3.40. The molecule has 0 saturated carbocycles. The first-order valence-corrected chi connectivity index (χ1v) is 8.83. The number of rotatable bonds is 3. The Labute approximate surface area is 147 Å². The van der Waals surface area contributed by atoms with Crippen molar-refractivity contribution in [2.75, 3.05) is 24.7 Å². The molecule has 1 amide bonds. The fourth-order valence-electron chi connectivity index (χ4n) is 3.50. The summed E-state index contributed by atoms with van der Waals surface area (Å²) in [6.45, 7) is 4.23. The highest BCUT2D eigenvalue weighted by Crippen LogP contribution is 2.35. The maximum absolute atomic E-state index is 13.1.